The van der Waals surface area contributed by atoms with Crippen molar-refractivity contribution in [1.29, 1.82) is 0 Å². The van der Waals surface area contributed by atoms with Gasteiger partial charge in [-0.25, -0.2) is 0 Å². The summed E-state index contributed by atoms with van der Waals surface area (Å²) in [6, 6.07) is 9.10. The van der Waals surface area contributed by atoms with E-state index in [0.29, 0.717) is 26.5 Å². The van der Waals surface area contributed by atoms with E-state index in [4.69, 9.17) is 9.98 Å². The van der Waals surface area contributed by atoms with Crippen LogP contribution in [0.4, 0.5) is 0 Å². The average Bonchev–Trinajstić information content (AvgIpc) is 3.47. The Bertz CT molecular complexity index is 1270. The van der Waals surface area contributed by atoms with Gasteiger partial charge in [0.25, 0.3) is 0 Å². The number of benzene rings is 2. The van der Waals surface area contributed by atoms with Crippen LogP contribution in [-0.2, 0) is 13.1 Å². The Morgan fingerprint density at radius 2 is 1.05 bits per heavy atom. The molecule has 208 valence electrons. The van der Waals surface area contributed by atoms with E-state index in [2.05, 4.69) is 145 Å². The number of halogens is 6. The second kappa shape index (κ2) is 19.3. The van der Waals surface area contributed by atoms with Gasteiger partial charge in [0.2, 0.25) is 0 Å². The molecule has 38 heavy (non-hydrogen) atoms. The summed E-state index contributed by atoms with van der Waals surface area (Å²) in [5.74, 6) is 0. The molecule has 0 aliphatic carbocycles. The number of rotatable bonds is 0. The summed E-state index contributed by atoms with van der Waals surface area (Å²) in [6.45, 7) is 8.20. The van der Waals surface area contributed by atoms with Crippen molar-refractivity contribution >= 4 is 130 Å². The molecule has 0 fully saturated rings. The molecule has 0 atom stereocenters. The average molecular weight is 1220 g/mol. The first kappa shape index (κ1) is 34.4. The molecular weight excluding hydrogens is 1190 g/mol. The van der Waals surface area contributed by atoms with Crippen LogP contribution in [0.3, 0.4) is 0 Å². The molecule has 0 amide bonds. The number of aryl methyl sites for hydroxylation is 4. The van der Waals surface area contributed by atoms with Crippen molar-refractivity contribution in [2.75, 3.05) is 13.1 Å². The third-order valence-electron chi connectivity index (χ3n) is 5.86. The van der Waals surface area contributed by atoms with Gasteiger partial charge in [-0.1, -0.05) is 0 Å². The van der Waals surface area contributed by atoms with Crippen molar-refractivity contribution in [3.8, 4) is 0 Å². The minimum atomic E-state index is 0.530. The number of nitrogens with zero attached hydrogens (tertiary/aromatic N) is 4. The normalized spacial score (nSPS) is 14.5. The van der Waals surface area contributed by atoms with Crippen molar-refractivity contribution < 1.29 is 34.4 Å². The van der Waals surface area contributed by atoms with Gasteiger partial charge in [0.1, 0.15) is 32.5 Å². The molecule has 4 nitrogen and oxygen atoms in total. The Morgan fingerprint density at radius 1 is 0.658 bits per heavy atom. The summed E-state index contributed by atoms with van der Waals surface area (Å²) >= 11 is 14.3. The van der Waals surface area contributed by atoms with Gasteiger partial charge < -0.3 is 0 Å². The number of fused-ring (bicyclic) bond motifs is 2. The summed E-state index contributed by atoms with van der Waals surface area (Å²) in [5.41, 5.74) is 5.10. The number of aromatic nitrogens is 2. The van der Waals surface area contributed by atoms with E-state index in [1.54, 1.807) is 0 Å². The molecule has 2 aromatic heterocycles. The van der Waals surface area contributed by atoms with Crippen LogP contribution in [0, 0.1) is 13.8 Å². The number of aliphatic imine (C=N–C) groups is 2. The van der Waals surface area contributed by atoms with Gasteiger partial charge >= 0.3 is 101 Å². The van der Waals surface area contributed by atoms with E-state index < -0.39 is 0 Å². The van der Waals surface area contributed by atoms with Gasteiger partial charge in [0.05, 0.1) is 10.8 Å². The second-order valence-corrected chi connectivity index (χ2v) is 43.5. The zero-order valence-electron chi connectivity index (χ0n) is 21.1. The first-order chi connectivity index (χ1) is 18.5. The molecule has 0 saturated carbocycles. The Morgan fingerprint density at radius 3 is 1.45 bits per heavy atom. The first-order valence-electron chi connectivity index (χ1n) is 12.1. The fourth-order valence-electron chi connectivity index (χ4n) is 4.34. The summed E-state index contributed by atoms with van der Waals surface area (Å²) in [7, 11) is 0. The van der Waals surface area contributed by atoms with Crippen LogP contribution in [0.1, 0.15) is 47.9 Å². The van der Waals surface area contributed by atoms with Crippen LogP contribution in [-0.4, -0.2) is 25.5 Å². The molecule has 4 bridgehead atoms. The van der Waals surface area contributed by atoms with E-state index in [-0.39, 0.29) is 0 Å². The number of hydrogen-bond acceptors (Lipinski definition) is 4. The summed E-state index contributed by atoms with van der Waals surface area (Å²) < 4.78 is 7.43. The van der Waals surface area contributed by atoms with Crippen molar-refractivity contribution in [3.63, 3.8) is 0 Å². The fraction of sp³-hybridized carbons (Fsp3) is 0.385. The monoisotopic (exact) mass is 1220 g/mol. The van der Waals surface area contributed by atoms with E-state index in [1.165, 1.54) is 42.4 Å². The molecule has 4 aromatic rings. The second-order valence-electron chi connectivity index (χ2n) is 8.86. The van der Waals surface area contributed by atoms with Gasteiger partial charge in [0, 0.05) is 49.5 Å². The molecule has 1 aliphatic rings. The Balaban J connectivity index is 0.000000611. The van der Waals surface area contributed by atoms with E-state index in [1.807, 2.05) is 23.1 Å². The van der Waals surface area contributed by atoms with Crippen molar-refractivity contribution in [2.45, 2.75) is 52.6 Å². The van der Waals surface area contributed by atoms with Gasteiger partial charge in [-0.3, -0.25) is 9.98 Å². The zero-order chi connectivity index (χ0) is 27.3. The molecule has 12 heteroatoms. The maximum atomic E-state index is 4.78. The summed E-state index contributed by atoms with van der Waals surface area (Å²) in [6.07, 6.45) is 13.2. The summed E-state index contributed by atoms with van der Waals surface area (Å²) in [5, 5.41) is 2.65. The van der Waals surface area contributed by atoms with E-state index in [9.17, 15) is 0 Å². The molecule has 0 N–H and O–H groups in total. The molecule has 3 heterocycles. The van der Waals surface area contributed by atoms with Crippen LogP contribution in [0.25, 0.3) is 20.2 Å². The topological polar surface area (TPSA) is 32.5 Å². The molecule has 5 rings (SSSR count). The molecule has 0 unspecified atom stereocenters. The predicted molar refractivity (Wildman–Crippen MR) is 193 cm³/mol. The van der Waals surface area contributed by atoms with Crippen molar-refractivity contribution in [3.05, 3.63) is 58.9 Å². The van der Waals surface area contributed by atoms with Gasteiger partial charge in [0.15, 0.2) is 25.5 Å². The molecule has 0 radical (unpaired) electrons. The van der Waals surface area contributed by atoms with E-state index in [0.717, 1.165) is 51.9 Å². The van der Waals surface area contributed by atoms with E-state index >= 15 is 0 Å². The van der Waals surface area contributed by atoms with Crippen LogP contribution < -0.4 is 34.4 Å². The molecule has 2 aromatic carbocycles. The third kappa shape index (κ3) is 11.2. The standard InChI is InChI=1S/C26H30N4S2.2I3/c1-19-11-21-15-27-7-3-6-10-30-18-24-14-20(2)12-22(26(24)32-30)16-28-8-4-5-9-29-17-23(13-19)25(21)31-29;2*1-3-2/h11-18H,3-10H2,1-2H3;;/q+2;2*-1. The Kier molecular flexibility index (Phi) is 17.5. The van der Waals surface area contributed by atoms with Gasteiger partial charge in [-0.15, -0.1) is 7.91 Å². The third-order valence-corrected chi connectivity index (χ3v) is 8.21. The SMILES string of the molecule is Cc1cc2c3s[n+](cc3c1)CCCCN=Cc1cc(C)cc3c[n+](sc13)CCCCN=C2.I[I-]I.I[I-]I. The van der Waals surface area contributed by atoms with Gasteiger partial charge in [-0.05, 0) is 62.1 Å². The van der Waals surface area contributed by atoms with Crippen LogP contribution in [0.5, 0.6) is 0 Å². The predicted octanol–water partition coefficient (Wildman–Crippen LogP) is 2.97. The maximum absolute atomic E-state index is 4.78. The summed E-state index contributed by atoms with van der Waals surface area (Å²) in [4.78, 5) is 9.55. The number of hydrogen-bond donors (Lipinski definition) is 0. The van der Waals surface area contributed by atoms with Crippen LogP contribution in [0.15, 0.2) is 46.6 Å². The van der Waals surface area contributed by atoms with Crippen LogP contribution in [0.2, 0.25) is 0 Å². The Hall–Kier alpha value is 1.94. The van der Waals surface area contributed by atoms with Crippen molar-refractivity contribution in [2.24, 2.45) is 9.98 Å². The van der Waals surface area contributed by atoms with Crippen molar-refractivity contribution in [1.82, 2.24) is 0 Å². The van der Waals surface area contributed by atoms with Crippen LogP contribution >= 0.6 is 97.5 Å². The fourth-order valence-corrected chi connectivity index (χ4v) is 6.45. The first-order valence-corrected chi connectivity index (χ1v) is 38.8. The van der Waals surface area contributed by atoms with Gasteiger partial charge in [-0.2, -0.15) is 0 Å². The molecule has 0 spiro atoms. The Labute approximate surface area is 293 Å². The quantitative estimate of drug-likeness (QED) is 0.192. The molecule has 1 aliphatic heterocycles. The molecular formula is C26H30I6N4S2. The molecule has 0 saturated heterocycles. The zero-order valence-corrected chi connectivity index (χ0v) is 35.7. The minimum absolute atomic E-state index is 0.530.